The van der Waals surface area contributed by atoms with Crippen LogP contribution in [0.1, 0.15) is 18.4 Å². The van der Waals surface area contributed by atoms with Crippen LogP contribution in [0.5, 0.6) is 5.75 Å². The molecule has 1 aromatic rings. The molecule has 1 saturated heterocycles. The van der Waals surface area contributed by atoms with Crippen molar-refractivity contribution in [3.8, 4) is 5.75 Å². The molecule has 1 aliphatic heterocycles. The lowest BCUT2D eigenvalue weighted by atomic mass is 10.2. The highest BCUT2D eigenvalue weighted by Crippen LogP contribution is 2.27. The predicted molar refractivity (Wildman–Crippen MR) is 66.9 cm³/mol. The van der Waals surface area contributed by atoms with E-state index in [9.17, 15) is 0 Å². The quantitative estimate of drug-likeness (QED) is 0.791. The molecule has 1 N–H and O–H groups in total. The normalized spacial score (nSPS) is 20.5. The first-order valence-electron chi connectivity index (χ1n) is 5.72. The highest BCUT2D eigenvalue weighted by atomic mass is 16.5. The van der Waals surface area contributed by atoms with Crippen molar-refractivity contribution in [2.75, 3.05) is 13.7 Å². The molecule has 3 nitrogen and oxygen atoms in total. The Morgan fingerprint density at radius 3 is 3.06 bits per heavy atom. The second-order valence-corrected chi connectivity index (χ2v) is 4.16. The summed E-state index contributed by atoms with van der Waals surface area (Å²) in [6.07, 6.45) is 4.41. The molecule has 16 heavy (non-hydrogen) atoms. The van der Waals surface area contributed by atoms with Gasteiger partial charge < -0.3 is 10.1 Å². The van der Waals surface area contributed by atoms with Gasteiger partial charge in [-0.1, -0.05) is 6.07 Å². The van der Waals surface area contributed by atoms with Crippen molar-refractivity contribution in [1.82, 2.24) is 5.32 Å². The minimum atomic E-state index is 0.421. The molecule has 1 aliphatic rings. The van der Waals surface area contributed by atoms with Gasteiger partial charge in [0.05, 0.1) is 7.11 Å². The number of hydrogen-bond acceptors (Lipinski definition) is 3. The molecule has 0 aliphatic carbocycles. The van der Waals surface area contributed by atoms with Crippen molar-refractivity contribution in [2.45, 2.75) is 25.8 Å². The standard InChI is InChI=1S/C13H18N2O/c1-10-5-6-13(16-2)12(8-10)15-9-11-4-3-7-14-11/h5-6,8-9,11,14H,3-4,7H2,1-2H3. The van der Waals surface area contributed by atoms with E-state index in [1.165, 1.54) is 18.4 Å². The van der Waals surface area contributed by atoms with E-state index in [-0.39, 0.29) is 0 Å². The molecule has 3 heteroatoms. The predicted octanol–water partition coefficient (Wildman–Crippen LogP) is 2.46. The van der Waals surface area contributed by atoms with Crippen LogP contribution in [0, 0.1) is 6.92 Å². The van der Waals surface area contributed by atoms with Crippen LogP contribution in [0.15, 0.2) is 23.2 Å². The van der Waals surface area contributed by atoms with Crippen molar-refractivity contribution < 1.29 is 4.74 Å². The zero-order valence-electron chi connectivity index (χ0n) is 9.86. The molecule has 1 atom stereocenters. The largest absolute Gasteiger partial charge is 0.494 e. The number of ether oxygens (including phenoxy) is 1. The maximum absolute atomic E-state index is 5.28. The molecule has 1 unspecified atom stereocenters. The molecular weight excluding hydrogens is 200 g/mol. The molecule has 1 aromatic carbocycles. The van der Waals surface area contributed by atoms with E-state index < -0.39 is 0 Å². The van der Waals surface area contributed by atoms with Crippen molar-refractivity contribution in [3.05, 3.63) is 23.8 Å². The van der Waals surface area contributed by atoms with Crippen LogP contribution >= 0.6 is 0 Å². The first-order chi connectivity index (χ1) is 7.79. The second-order valence-electron chi connectivity index (χ2n) is 4.16. The van der Waals surface area contributed by atoms with E-state index in [1.807, 2.05) is 24.4 Å². The van der Waals surface area contributed by atoms with E-state index in [0.29, 0.717) is 6.04 Å². The summed E-state index contributed by atoms with van der Waals surface area (Å²) in [7, 11) is 1.68. The number of benzene rings is 1. The van der Waals surface area contributed by atoms with Gasteiger partial charge in [0.1, 0.15) is 11.4 Å². The van der Waals surface area contributed by atoms with Gasteiger partial charge in [-0.05, 0) is 44.0 Å². The highest BCUT2D eigenvalue weighted by Gasteiger charge is 2.11. The van der Waals surface area contributed by atoms with E-state index in [2.05, 4.69) is 17.2 Å². The Kier molecular flexibility index (Phi) is 3.57. The molecule has 0 bridgehead atoms. The van der Waals surface area contributed by atoms with Crippen molar-refractivity contribution in [1.29, 1.82) is 0 Å². The smallest absolute Gasteiger partial charge is 0.144 e. The molecule has 1 heterocycles. The molecular formula is C13H18N2O. The van der Waals surface area contributed by atoms with E-state index in [0.717, 1.165) is 18.0 Å². The average molecular weight is 218 g/mol. The fourth-order valence-corrected chi connectivity index (χ4v) is 1.91. The van der Waals surface area contributed by atoms with Crippen molar-refractivity contribution >= 4 is 11.9 Å². The average Bonchev–Trinajstić information content (AvgIpc) is 2.79. The maximum Gasteiger partial charge on any atom is 0.144 e. The fourth-order valence-electron chi connectivity index (χ4n) is 1.91. The van der Waals surface area contributed by atoms with Gasteiger partial charge in [-0.2, -0.15) is 0 Å². The number of methoxy groups -OCH3 is 1. The zero-order chi connectivity index (χ0) is 11.4. The Balaban J connectivity index is 2.15. The number of aliphatic imine (C=N–C) groups is 1. The Morgan fingerprint density at radius 2 is 2.38 bits per heavy atom. The third kappa shape index (κ3) is 2.61. The molecule has 86 valence electrons. The maximum atomic E-state index is 5.28. The number of aryl methyl sites for hydroxylation is 1. The number of rotatable bonds is 3. The van der Waals surface area contributed by atoms with Crippen LogP contribution in [-0.2, 0) is 0 Å². The summed E-state index contributed by atoms with van der Waals surface area (Å²) >= 11 is 0. The molecule has 0 amide bonds. The van der Waals surface area contributed by atoms with Crippen LogP contribution in [0.25, 0.3) is 0 Å². The Morgan fingerprint density at radius 1 is 1.50 bits per heavy atom. The summed E-state index contributed by atoms with van der Waals surface area (Å²) in [6.45, 7) is 3.16. The lowest BCUT2D eigenvalue weighted by molar-refractivity contribution is 0.416. The summed E-state index contributed by atoms with van der Waals surface area (Å²) in [5.41, 5.74) is 2.11. The minimum Gasteiger partial charge on any atom is -0.494 e. The van der Waals surface area contributed by atoms with E-state index in [4.69, 9.17) is 4.74 Å². The van der Waals surface area contributed by atoms with Gasteiger partial charge >= 0.3 is 0 Å². The van der Waals surface area contributed by atoms with Crippen LogP contribution in [0.3, 0.4) is 0 Å². The van der Waals surface area contributed by atoms with E-state index in [1.54, 1.807) is 7.11 Å². The SMILES string of the molecule is COc1ccc(C)cc1N=CC1CCCN1. The second kappa shape index (κ2) is 5.12. The fraction of sp³-hybridized carbons (Fsp3) is 0.462. The topological polar surface area (TPSA) is 33.6 Å². The summed E-state index contributed by atoms with van der Waals surface area (Å²) in [4.78, 5) is 4.51. The Hall–Kier alpha value is -1.35. The lowest BCUT2D eigenvalue weighted by Crippen LogP contribution is -2.22. The summed E-state index contributed by atoms with van der Waals surface area (Å²) in [5, 5.41) is 3.39. The third-order valence-corrected chi connectivity index (χ3v) is 2.83. The first-order valence-corrected chi connectivity index (χ1v) is 5.72. The molecule has 2 rings (SSSR count). The van der Waals surface area contributed by atoms with Crippen LogP contribution in [-0.4, -0.2) is 25.9 Å². The lowest BCUT2D eigenvalue weighted by Gasteiger charge is -2.06. The molecule has 0 aromatic heterocycles. The highest BCUT2D eigenvalue weighted by molar-refractivity contribution is 5.71. The number of hydrogen-bond donors (Lipinski definition) is 1. The van der Waals surface area contributed by atoms with Gasteiger partial charge in [0, 0.05) is 12.3 Å². The van der Waals surface area contributed by atoms with Crippen LogP contribution < -0.4 is 10.1 Å². The monoisotopic (exact) mass is 218 g/mol. The number of nitrogens with one attached hydrogen (secondary N) is 1. The summed E-state index contributed by atoms with van der Waals surface area (Å²) < 4.78 is 5.28. The summed E-state index contributed by atoms with van der Waals surface area (Å²) in [6, 6.07) is 6.46. The van der Waals surface area contributed by atoms with Gasteiger partial charge in [0.25, 0.3) is 0 Å². The zero-order valence-corrected chi connectivity index (χ0v) is 9.86. The molecule has 0 spiro atoms. The van der Waals surface area contributed by atoms with Gasteiger partial charge in [-0.25, -0.2) is 0 Å². The minimum absolute atomic E-state index is 0.421. The molecule has 0 saturated carbocycles. The molecule has 0 radical (unpaired) electrons. The molecule has 1 fully saturated rings. The van der Waals surface area contributed by atoms with Crippen LogP contribution in [0.4, 0.5) is 5.69 Å². The van der Waals surface area contributed by atoms with Gasteiger partial charge in [0.2, 0.25) is 0 Å². The van der Waals surface area contributed by atoms with Gasteiger partial charge in [-0.15, -0.1) is 0 Å². The van der Waals surface area contributed by atoms with Crippen LogP contribution in [0.2, 0.25) is 0 Å². The third-order valence-electron chi connectivity index (χ3n) is 2.83. The Bertz CT molecular complexity index is 382. The van der Waals surface area contributed by atoms with Gasteiger partial charge in [0.15, 0.2) is 0 Å². The Labute approximate surface area is 96.5 Å². The number of nitrogens with zero attached hydrogens (tertiary/aromatic N) is 1. The van der Waals surface area contributed by atoms with Gasteiger partial charge in [-0.3, -0.25) is 4.99 Å². The van der Waals surface area contributed by atoms with E-state index >= 15 is 0 Å². The summed E-state index contributed by atoms with van der Waals surface area (Å²) in [5.74, 6) is 0.833. The van der Waals surface area contributed by atoms with Crippen molar-refractivity contribution in [3.63, 3.8) is 0 Å². The first kappa shape index (κ1) is 11.1. The van der Waals surface area contributed by atoms with Crippen molar-refractivity contribution in [2.24, 2.45) is 4.99 Å².